The molecule has 2 aromatic heterocycles. The van der Waals surface area contributed by atoms with Crippen LogP contribution in [0.4, 0.5) is 0 Å². The second kappa shape index (κ2) is 4.65. The number of carbonyl (C=O) groups is 1. The highest BCUT2D eigenvalue weighted by molar-refractivity contribution is 5.77. The lowest BCUT2D eigenvalue weighted by atomic mass is 9.99. The summed E-state index contributed by atoms with van der Waals surface area (Å²) in [4.78, 5) is 27.5. The molecule has 0 spiro atoms. The Morgan fingerprint density at radius 2 is 2.33 bits per heavy atom. The fourth-order valence-electron chi connectivity index (χ4n) is 3.58. The van der Waals surface area contributed by atoms with E-state index >= 15 is 0 Å². The molecule has 108 valence electrons. The largest absolute Gasteiger partial charge is 0.331 e. The highest BCUT2D eigenvalue weighted by Crippen LogP contribution is 2.42. The Balaban J connectivity index is 1.63. The molecule has 0 aliphatic carbocycles. The van der Waals surface area contributed by atoms with Gasteiger partial charge in [0, 0.05) is 36.6 Å². The first-order valence-electron chi connectivity index (χ1n) is 7.31. The molecule has 0 radical (unpaired) electrons. The van der Waals surface area contributed by atoms with Crippen LogP contribution >= 0.6 is 0 Å². The summed E-state index contributed by atoms with van der Waals surface area (Å²) in [6.07, 6.45) is 10.0. The molecule has 0 aromatic carbocycles. The number of nitrogens with zero attached hydrogens (tertiary/aromatic N) is 5. The third-order valence-electron chi connectivity index (χ3n) is 4.48. The normalized spacial score (nSPS) is 23.2. The molecule has 2 bridgehead atoms. The number of rotatable bonds is 2. The Kier molecular flexibility index (Phi) is 2.77. The standard InChI is InChI=1S/C15H17N5O/c1-10-17-7-12-13(18-10)6-11-2-3-14(12)20(11)15(21)8-19-5-4-16-9-19/h4-5,7,9,11,14H,2-3,6,8H2,1H3/t11-,14+/m0/s1. The van der Waals surface area contributed by atoms with E-state index < -0.39 is 0 Å². The van der Waals surface area contributed by atoms with Crippen LogP contribution < -0.4 is 0 Å². The molecular formula is C15H17N5O. The minimum atomic E-state index is 0.148. The van der Waals surface area contributed by atoms with Gasteiger partial charge in [0.25, 0.3) is 0 Å². The number of aromatic nitrogens is 4. The van der Waals surface area contributed by atoms with Gasteiger partial charge in [-0.1, -0.05) is 0 Å². The van der Waals surface area contributed by atoms with Gasteiger partial charge in [0.05, 0.1) is 18.1 Å². The van der Waals surface area contributed by atoms with Gasteiger partial charge < -0.3 is 9.47 Å². The minimum absolute atomic E-state index is 0.148. The maximum atomic E-state index is 12.6. The number of amides is 1. The van der Waals surface area contributed by atoms with Gasteiger partial charge in [-0.05, 0) is 19.8 Å². The van der Waals surface area contributed by atoms with Crippen molar-refractivity contribution in [3.8, 4) is 0 Å². The van der Waals surface area contributed by atoms with Crippen LogP contribution in [-0.2, 0) is 17.8 Å². The molecule has 2 atom stereocenters. The Morgan fingerprint density at radius 3 is 3.14 bits per heavy atom. The van der Waals surface area contributed by atoms with E-state index in [4.69, 9.17) is 0 Å². The highest BCUT2D eigenvalue weighted by atomic mass is 16.2. The van der Waals surface area contributed by atoms with Gasteiger partial charge in [-0.15, -0.1) is 0 Å². The monoisotopic (exact) mass is 283 g/mol. The van der Waals surface area contributed by atoms with Gasteiger partial charge in [-0.3, -0.25) is 4.79 Å². The summed E-state index contributed by atoms with van der Waals surface area (Å²) in [5, 5.41) is 0. The van der Waals surface area contributed by atoms with E-state index in [0.29, 0.717) is 6.54 Å². The summed E-state index contributed by atoms with van der Waals surface area (Å²) < 4.78 is 1.82. The number of hydrogen-bond donors (Lipinski definition) is 0. The Bertz CT molecular complexity index is 681. The average Bonchev–Trinajstić information content (AvgIpc) is 3.06. The molecule has 0 N–H and O–H groups in total. The maximum Gasteiger partial charge on any atom is 0.243 e. The summed E-state index contributed by atoms with van der Waals surface area (Å²) in [5.41, 5.74) is 2.26. The average molecular weight is 283 g/mol. The van der Waals surface area contributed by atoms with E-state index in [0.717, 1.165) is 36.3 Å². The summed E-state index contributed by atoms with van der Waals surface area (Å²) in [5.74, 6) is 0.970. The number of hydrogen-bond acceptors (Lipinski definition) is 4. The van der Waals surface area contributed by atoms with Crippen molar-refractivity contribution in [1.29, 1.82) is 0 Å². The molecule has 0 saturated carbocycles. The number of carbonyl (C=O) groups excluding carboxylic acids is 1. The molecule has 1 fully saturated rings. The lowest BCUT2D eigenvalue weighted by molar-refractivity contribution is -0.135. The zero-order chi connectivity index (χ0) is 14.4. The van der Waals surface area contributed by atoms with Gasteiger partial charge in [-0.25, -0.2) is 15.0 Å². The molecule has 0 unspecified atom stereocenters. The Labute approximate surface area is 122 Å². The lowest BCUT2D eigenvalue weighted by Gasteiger charge is -2.35. The van der Waals surface area contributed by atoms with Crippen molar-refractivity contribution in [3.05, 3.63) is 42.0 Å². The smallest absolute Gasteiger partial charge is 0.243 e. The van der Waals surface area contributed by atoms with E-state index in [1.54, 1.807) is 12.5 Å². The number of fused-ring (bicyclic) bond motifs is 4. The second-order valence-corrected chi connectivity index (χ2v) is 5.81. The Hall–Kier alpha value is -2.24. The van der Waals surface area contributed by atoms with Crippen LogP contribution in [-0.4, -0.2) is 36.4 Å². The lowest BCUT2D eigenvalue weighted by Crippen LogP contribution is -2.43. The predicted molar refractivity (Wildman–Crippen MR) is 75.3 cm³/mol. The van der Waals surface area contributed by atoms with E-state index in [1.807, 2.05) is 28.8 Å². The Morgan fingerprint density at radius 1 is 1.43 bits per heavy atom. The maximum absolute atomic E-state index is 12.6. The zero-order valence-corrected chi connectivity index (χ0v) is 11.9. The molecule has 2 aliphatic rings. The summed E-state index contributed by atoms with van der Waals surface area (Å²) in [6, 6.07) is 0.434. The molecule has 21 heavy (non-hydrogen) atoms. The van der Waals surface area contributed by atoms with Crippen LogP contribution in [0.15, 0.2) is 24.9 Å². The SMILES string of the molecule is Cc1ncc2c(n1)C[C@@H]1CC[C@H]2N1C(=O)Cn1ccnc1. The third-order valence-corrected chi connectivity index (χ3v) is 4.48. The van der Waals surface area contributed by atoms with Crippen LogP contribution in [0.2, 0.25) is 0 Å². The molecule has 2 aromatic rings. The van der Waals surface area contributed by atoms with Gasteiger partial charge in [0.15, 0.2) is 0 Å². The van der Waals surface area contributed by atoms with E-state index in [-0.39, 0.29) is 18.0 Å². The summed E-state index contributed by atoms with van der Waals surface area (Å²) in [7, 11) is 0. The molecule has 1 saturated heterocycles. The van der Waals surface area contributed by atoms with E-state index in [1.165, 1.54) is 0 Å². The third kappa shape index (κ3) is 2.02. The highest BCUT2D eigenvalue weighted by Gasteiger charge is 2.43. The van der Waals surface area contributed by atoms with Crippen molar-refractivity contribution >= 4 is 5.91 Å². The minimum Gasteiger partial charge on any atom is -0.331 e. The first kappa shape index (κ1) is 12.5. The van der Waals surface area contributed by atoms with Crippen LogP contribution in [0.1, 0.15) is 36.0 Å². The van der Waals surface area contributed by atoms with Gasteiger partial charge in [0.2, 0.25) is 5.91 Å². The molecular weight excluding hydrogens is 266 g/mol. The van der Waals surface area contributed by atoms with E-state index in [2.05, 4.69) is 15.0 Å². The topological polar surface area (TPSA) is 63.9 Å². The van der Waals surface area contributed by atoms with Crippen molar-refractivity contribution in [2.75, 3.05) is 0 Å². The van der Waals surface area contributed by atoms with Crippen LogP contribution in [0, 0.1) is 6.92 Å². The predicted octanol–water partition coefficient (Wildman–Crippen LogP) is 1.27. The molecule has 6 heteroatoms. The van der Waals surface area contributed by atoms with E-state index in [9.17, 15) is 4.79 Å². The number of aryl methyl sites for hydroxylation is 1. The molecule has 4 heterocycles. The first-order chi connectivity index (χ1) is 10.2. The van der Waals surface area contributed by atoms with Crippen LogP contribution in [0.3, 0.4) is 0 Å². The van der Waals surface area contributed by atoms with Gasteiger partial charge >= 0.3 is 0 Å². The fourth-order valence-corrected chi connectivity index (χ4v) is 3.58. The van der Waals surface area contributed by atoms with Crippen molar-refractivity contribution in [3.63, 3.8) is 0 Å². The van der Waals surface area contributed by atoms with Crippen LogP contribution in [0.25, 0.3) is 0 Å². The van der Waals surface area contributed by atoms with Crippen molar-refractivity contribution in [2.45, 2.75) is 44.8 Å². The zero-order valence-electron chi connectivity index (χ0n) is 11.9. The van der Waals surface area contributed by atoms with Crippen molar-refractivity contribution < 1.29 is 4.79 Å². The van der Waals surface area contributed by atoms with Crippen molar-refractivity contribution in [2.24, 2.45) is 0 Å². The molecule has 2 aliphatic heterocycles. The summed E-state index contributed by atoms with van der Waals surface area (Å²) >= 11 is 0. The van der Waals surface area contributed by atoms with Crippen molar-refractivity contribution in [1.82, 2.24) is 24.4 Å². The number of imidazole rings is 1. The first-order valence-corrected chi connectivity index (χ1v) is 7.31. The molecule has 4 rings (SSSR count). The fraction of sp³-hybridized carbons (Fsp3) is 0.467. The summed E-state index contributed by atoms with van der Waals surface area (Å²) in [6.45, 7) is 2.27. The molecule has 6 nitrogen and oxygen atoms in total. The second-order valence-electron chi connectivity index (χ2n) is 5.81. The van der Waals surface area contributed by atoms with Gasteiger partial charge in [0.1, 0.15) is 12.4 Å². The quantitative estimate of drug-likeness (QED) is 0.832. The van der Waals surface area contributed by atoms with Crippen LogP contribution in [0.5, 0.6) is 0 Å². The van der Waals surface area contributed by atoms with Gasteiger partial charge in [-0.2, -0.15) is 0 Å². The molecule has 1 amide bonds.